The number of aliphatic hydroxyl groups is 2. The van der Waals surface area contributed by atoms with Crippen LogP contribution in [0.2, 0.25) is 0 Å². The van der Waals surface area contributed by atoms with Crippen molar-refractivity contribution in [3.8, 4) is 0 Å². The number of nitrogens with zero attached hydrogens (tertiary/aromatic N) is 5. The molecule has 4 atom stereocenters. The molecule has 13 heteroatoms. The molecule has 1 amide bonds. The van der Waals surface area contributed by atoms with Crippen molar-refractivity contribution in [1.82, 2.24) is 34.7 Å². The Balaban J connectivity index is 0.974. The first-order valence-electron chi connectivity index (χ1n) is 20.1. The number of benzene rings is 1. The average molecular weight is 747 g/mol. The first-order valence-corrected chi connectivity index (χ1v) is 20.1. The maximum Gasteiger partial charge on any atom is 0.222 e. The van der Waals surface area contributed by atoms with Crippen LogP contribution in [0.3, 0.4) is 0 Å². The van der Waals surface area contributed by atoms with Gasteiger partial charge >= 0.3 is 0 Å². The quantitative estimate of drug-likeness (QED) is 0.0778. The molecule has 2 aliphatic rings. The van der Waals surface area contributed by atoms with Crippen LogP contribution < -0.4 is 10.6 Å². The minimum Gasteiger partial charge on any atom is -0.387 e. The monoisotopic (exact) mass is 746 g/mol. The number of hydrogen-bond donors (Lipinski definition) is 5. The molecule has 1 aliphatic heterocycles. The largest absolute Gasteiger partial charge is 0.387 e. The van der Waals surface area contributed by atoms with Gasteiger partial charge in [-0.05, 0) is 87.5 Å². The lowest BCUT2D eigenvalue weighted by Crippen LogP contribution is -2.52. The lowest BCUT2D eigenvalue weighted by molar-refractivity contribution is -0.122. The van der Waals surface area contributed by atoms with Crippen molar-refractivity contribution in [2.45, 2.75) is 135 Å². The zero-order valence-electron chi connectivity index (χ0n) is 33.1. The fourth-order valence-electron chi connectivity index (χ4n) is 7.80. The molecule has 1 aromatic carbocycles. The molecule has 0 radical (unpaired) electrons. The summed E-state index contributed by atoms with van der Waals surface area (Å²) < 4.78 is 13.6. The molecule has 1 aliphatic carbocycles. The van der Waals surface area contributed by atoms with Gasteiger partial charge in [-0.25, -0.2) is 15.0 Å². The number of unbranched alkanes of at least 4 members (excludes halogenated alkanes) is 1. The molecular formula is C41H62N8O5. The lowest BCUT2D eigenvalue weighted by atomic mass is 9.76. The van der Waals surface area contributed by atoms with Gasteiger partial charge in [0.1, 0.15) is 41.9 Å². The third kappa shape index (κ3) is 9.60. The van der Waals surface area contributed by atoms with Crippen LogP contribution in [-0.2, 0) is 26.1 Å². The number of aliphatic hydroxyl groups excluding tert-OH is 2. The van der Waals surface area contributed by atoms with E-state index in [1.54, 1.807) is 4.57 Å². The summed E-state index contributed by atoms with van der Waals surface area (Å²) in [4.78, 5) is 31.8. The Morgan fingerprint density at radius 1 is 1.11 bits per heavy atom. The Bertz CT molecular complexity index is 1810. The van der Waals surface area contributed by atoms with E-state index >= 15 is 0 Å². The maximum atomic E-state index is 12.0. The number of aryl methyl sites for hydroxylation is 1. The Kier molecular flexibility index (Phi) is 13.3. The van der Waals surface area contributed by atoms with E-state index in [1.807, 2.05) is 19.2 Å². The second kappa shape index (κ2) is 17.9. The highest BCUT2D eigenvalue weighted by Crippen LogP contribution is 2.39. The molecule has 296 valence electrons. The summed E-state index contributed by atoms with van der Waals surface area (Å²) in [7, 11) is 0. The summed E-state index contributed by atoms with van der Waals surface area (Å²) in [5.74, 6) is 2.38. The topological polar surface area (TPSA) is 163 Å². The van der Waals surface area contributed by atoms with E-state index in [2.05, 4.69) is 83.3 Å². The van der Waals surface area contributed by atoms with Crippen molar-refractivity contribution in [3.05, 3.63) is 48.2 Å². The van der Waals surface area contributed by atoms with E-state index in [0.29, 0.717) is 62.7 Å². The molecule has 5 N–H and O–H groups in total. The minimum absolute atomic E-state index is 0.0102. The van der Waals surface area contributed by atoms with E-state index in [-0.39, 0.29) is 17.4 Å². The van der Waals surface area contributed by atoms with Gasteiger partial charge in [-0.15, -0.1) is 0 Å². The number of ether oxygens (including phenoxy) is 2. The van der Waals surface area contributed by atoms with Gasteiger partial charge in [0.25, 0.3) is 0 Å². The van der Waals surface area contributed by atoms with E-state index in [1.165, 1.54) is 11.9 Å². The Morgan fingerprint density at radius 2 is 1.91 bits per heavy atom. The number of carbonyl (C=O) groups is 1. The van der Waals surface area contributed by atoms with Crippen molar-refractivity contribution < 1.29 is 24.5 Å². The second-order valence-corrected chi connectivity index (χ2v) is 16.6. The van der Waals surface area contributed by atoms with Gasteiger partial charge in [-0.3, -0.25) is 9.69 Å². The molecular weight excluding hydrogens is 685 g/mol. The summed E-state index contributed by atoms with van der Waals surface area (Å²) in [6.45, 7) is 16.1. The number of rotatable bonds is 19. The van der Waals surface area contributed by atoms with Crippen LogP contribution in [0, 0.1) is 5.92 Å². The number of H-pyrrole nitrogens is 1. The summed E-state index contributed by atoms with van der Waals surface area (Å²) in [6, 6.07) is 9.13. The molecule has 13 nitrogen and oxygen atoms in total. The SMILES string of the molecule is CCCOCCC(=O)NCCCCNc1ncnc2c1ccn2[C@@H]1O[C@H](CN(C(C)C)C2CC(CCc3nc4ccc(C(C)(C)C)cc4[nH]3)C2)C(O)[C@@H]1O. The predicted octanol–water partition coefficient (Wildman–Crippen LogP) is 5.47. The van der Waals surface area contributed by atoms with Gasteiger partial charge in [0.05, 0.1) is 23.0 Å². The van der Waals surface area contributed by atoms with Crippen molar-refractivity contribution >= 4 is 33.8 Å². The molecule has 3 aromatic heterocycles. The fourth-order valence-corrected chi connectivity index (χ4v) is 7.80. The molecule has 4 heterocycles. The molecule has 6 rings (SSSR count). The highest BCUT2D eigenvalue weighted by molar-refractivity contribution is 5.87. The van der Waals surface area contributed by atoms with Crippen molar-refractivity contribution in [3.63, 3.8) is 0 Å². The van der Waals surface area contributed by atoms with E-state index in [4.69, 9.17) is 14.5 Å². The Hall–Kier alpha value is -3.62. The zero-order valence-corrected chi connectivity index (χ0v) is 33.1. The number of carbonyl (C=O) groups excluding carboxylic acids is 1. The minimum atomic E-state index is -1.10. The lowest BCUT2D eigenvalue weighted by Gasteiger charge is -2.46. The number of fused-ring (bicyclic) bond motifs is 2. The summed E-state index contributed by atoms with van der Waals surface area (Å²) in [5.41, 5.74) is 4.17. The van der Waals surface area contributed by atoms with Crippen molar-refractivity contribution in [2.24, 2.45) is 5.92 Å². The van der Waals surface area contributed by atoms with Gasteiger partial charge in [0.15, 0.2) is 6.23 Å². The summed E-state index contributed by atoms with van der Waals surface area (Å²) in [6.07, 6.45) is 7.13. The van der Waals surface area contributed by atoms with Crippen LogP contribution in [0.25, 0.3) is 22.1 Å². The third-order valence-electron chi connectivity index (χ3n) is 11.1. The van der Waals surface area contributed by atoms with E-state index < -0.39 is 24.5 Å². The van der Waals surface area contributed by atoms with Crippen LogP contribution in [0.5, 0.6) is 0 Å². The highest BCUT2D eigenvalue weighted by Gasteiger charge is 2.46. The number of imidazole rings is 1. The van der Waals surface area contributed by atoms with Gasteiger partial charge in [0, 0.05) is 57.4 Å². The number of aromatic nitrogens is 5. The normalized spacial score (nSPS) is 23.1. The zero-order chi connectivity index (χ0) is 38.4. The second-order valence-electron chi connectivity index (χ2n) is 16.6. The first kappa shape index (κ1) is 40.1. The van der Waals surface area contributed by atoms with E-state index in [9.17, 15) is 15.0 Å². The third-order valence-corrected chi connectivity index (χ3v) is 11.1. The fraction of sp³-hybridized carbons (Fsp3) is 0.659. The number of hydrogen-bond acceptors (Lipinski definition) is 10. The molecule has 1 unspecified atom stereocenters. The van der Waals surface area contributed by atoms with Crippen LogP contribution in [0.15, 0.2) is 36.8 Å². The molecule has 1 saturated carbocycles. The molecule has 0 spiro atoms. The summed E-state index contributed by atoms with van der Waals surface area (Å²) in [5, 5.41) is 29.6. The first-order chi connectivity index (χ1) is 25.9. The average Bonchev–Trinajstić information content (AvgIpc) is 3.81. The highest BCUT2D eigenvalue weighted by atomic mass is 16.6. The molecule has 2 fully saturated rings. The van der Waals surface area contributed by atoms with Gasteiger partial charge in [-0.2, -0.15) is 0 Å². The smallest absolute Gasteiger partial charge is 0.222 e. The Labute approximate surface area is 319 Å². The van der Waals surface area contributed by atoms with Crippen molar-refractivity contribution in [2.75, 3.05) is 38.2 Å². The van der Waals surface area contributed by atoms with Crippen LogP contribution in [0.4, 0.5) is 5.82 Å². The maximum absolute atomic E-state index is 12.0. The molecule has 4 aromatic rings. The summed E-state index contributed by atoms with van der Waals surface area (Å²) >= 11 is 0. The molecule has 0 bridgehead atoms. The molecule has 54 heavy (non-hydrogen) atoms. The van der Waals surface area contributed by atoms with Gasteiger partial charge < -0.3 is 39.9 Å². The van der Waals surface area contributed by atoms with Crippen LogP contribution >= 0.6 is 0 Å². The van der Waals surface area contributed by atoms with Crippen LogP contribution in [-0.4, -0.2) is 109 Å². The Morgan fingerprint density at radius 3 is 2.67 bits per heavy atom. The molecule has 1 saturated heterocycles. The standard InChI is InChI=1S/C41H62N8O5/c1-7-19-53-20-15-35(50)42-16-8-9-17-43-38-30-14-18-48(39(30)45-25-44-38)40-37(52)36(51)33(54-40)24-49(26(2)3)29-21-27(22-29)10-13-34-46-31-12-11-28(41(4,5)6)23-32(31)47-34/h11-12,14,18,23,25-27,29,33,36-37,40,51-52H,7-10,13,15-17,19-22,24H2,1-6H3,(H,42,50)(H,46,47)(H,43,44,45)/t27?,29?,33-,36?,37+,40-/m1/s1. The number of aromatic amines is 1. The van der Waals surface area contributed by atoms with E-state index in [0.717, 1.165) is 67.2 Å². The van der Waals surface area contributed by atoms with Gasteiger partial charge in [0.2, 0.25) is 5.91 Å². The number of anilines is 1. The van der Waals surface area contributed by atoms with Crippen molar-refractivity contribution in [1.29, 1.82) is 0 Å². The number of nitrogens with one attached hydrogen (secondary N) is 3. The van der Waals surface area contributed by atoms with Crippen LogP contribution in [0.1, 0.15) is 104 Å². The predicted molar refractivity (Wildman–Crippen MR) is 211 cm³/mol. The number of amides is 1. The van der Waals surface area contributed by atoms with Gasteiger partial charge in [-0.1, -0.05) is 33.8 Å².